The number of benzene rings is 1. The average Bonchev–Trinajstić information content (AvgIpc) is 3.09. The van der Waals surface area contributed by atoms with Crippen LogP contribution in [0.1, 0.15) is 10.4 Å². The molecular weight excluding hydrogens is 302 g/mol. The summed E-state index contributed by atoms with van der Waals surface area (Å²) in [6.45, 7) is 0. The van der Waals surface area contributed by atoms with Gasteiger partial charge in [0.15, 0.2) is 5.82 Å². The number of aromatic nitrogens is 5. The molecule has 0 aliphatic rings. The first kappa shape index (κ1) is 14.3. The molecule has 0 spiro atoms. The van der Waals surface area contributed by atoms with E-state index in [0.29, 0.717) is 5.82 Å². The summed E-state index contributed by atoms with van der Waals surface area (Å²) in [6, 6.07) is 7.13. The number of para-hydroxylation sites is 1. The molecule has 0 saturated heterocycles. The molecule has 0 atom stereocenters. The fourth-order valence-corrected chi connectivity index (χ4v) is 1.88. The number of anilines is 1. The summed E-state index contributed by atoms with van der Waals surface area (Å²) >= 11 is 0. The van der Waals surface area contributed by atoms with Crippen molar-refractivity contribution in [2.75, 3.05) is 5.32 Å². The first-order chi connectivity index (χ1) is 11.1. The Labute approximate surface area is 129 Å². The van der Waals surface area contributed by atoms with Crippen molar-refractivity contribution in [3.8, 4) is 5.82 Å². The first-order valence-electron chi connectivity index (χ1n) is 6.37. The SMILES string of the molecule is O=C(Nc1cc(-n2cncn2)ncn1)c1ccccc1[N+](=O)[O-]. The Bertz CT molecular complexity index is 864. The fraction of sp³-hybridized carbons (Fsp3) is 0. The molecule has 0 aliphatic carbocycles. The number of amides is 1. The quantitative estimate of drug-likeness (QED) is 0.566. The van der Waals surface area contributed by atoms with Crippen LogP contribution in [-0.2, 0) is 0 Å². The molecule has 3 rings (SSSR count). The minimum atomic E-state index is -0.638. The van der Waals surface area contributed by atoms with Crippen LogP contribution in [-0.4, -0.2) is 35.6 Å². The molecule has 0 saturated carbocycles. The third kappa shape index (κ3) is 3.00. The second kappa shape index (κ2) is 5.97. The molecule has 2 heterocycles. The van der Waals surface area contributed by atoms with Crippen molar-refractivity contribution < 1.29 is 9.72 Å². The molecule has 1 aromatic carbocycles. The zero-order chi connectivity index (χ0) is 16.2. The Morgan fingerprint density at radius 3 is 2.78 bits per heavy atom. The molecule has 1 amide bonds. The van der Waals surface area contributed by atoms with Crippen molar-refractivity contribution in [2.24, 2.45) is 0 Å². The smallest absolute Gasteiger partial charge is 0.282 e. The first-order valence-corrected chi connectivity index (χ1v) is 6.37. The lowest BCUT2D eigenvalue weighted by atomic mass is 10.1. The molecule has 10 heteroatoms. The topological polar surface area (TPSA) is 129 Å². The molecule has 0 unspecified atom stereocenters. The zero-order valence-corrected chi connectivity index (χ0v) is 11.5. The normalized spacial score (nSPS) is 10.3. The number of nitro benzene ring substituents is 1. The van der Waals surface area contributed by atoms with Crippen LogP contribution >= 0.6 is 0 Å². The molecule has 3 aromatic rings. The van der Waals surface area contributed by atoms with E-state index in [-0.39, 0.29) is 17.1 Å². The van der Waals surface area contributed by atoms with E-state index in [1.165, 1.54) is 47.9 Å². The maximum Gasteiger partial charge on any atom is 0.282 e. The molecule has 1 N–H and O–H groups in total. The van der Waals surface area contributed by atoms with Gasteiger partial charge in [0.05, 0.1) is 4.92 Å². The maximum atomic E-state index is 12.2. The van der Waals surface area contributed by atoms with E-state index < -0.39 is 10.8 Å². The van der Waals surface area contributed by atoms with Crippen molar-refractivity contribution in [1.82, 2.24) is 24.7 Å². The summed E-state index contributed by atoms with van der Waals surface area (Å²) < 4.78 is 1.39. The fourth-order valence-electron chi connectivity index (χ4n) is 1.88. The summed E-state index contributed by atoms with van der Waals surface area (Å²) in [4.78, 5) is 34.3. The zero-order valence-electron chi connectivity index (χ0n) is 11.5. The molecule has 0 radical (unpaired) electrons. The second-order valence-electron chi connectivity index (χ2n) is 4.33. The van der Waals surface area contributed by atoms with E-state index in [4.69, 9.17) is 0 Å². The Morgan fingerprint density at radius 1 is 1.22 bits per heavy atom. The highest BCUT2D eigenvalue weighted by Gasteiger charge is 2.19. The number of carbonyl (C=O) groups is 1. The summed E-state index contributed by atoms with van der Waals surface area (Å²) in [5.41, 5.74) is -0.339. The molecule has 0 bridgehead atoms. The van der Waals surface area contributed by atoms with Gasteiger partial charge >= 0.3 is 0 Å². The van der Waals surface area contributed by atoms with E-state index in [2.05, 4.69) is 25.4 Å². The van der Waals surface area contributed by atoms with E-state index in [1.54, 1.807) is 6.07 Å². The largest absolute Gasteiger partial charge is 0.306 e. The highest BCUT2D eigenvalue weighted by atomic mass is 16.6. The molecule has 10 nitrogen and oxygen atoms in total. The second-order valence-corrected chi connectivity index (χ2v) is 4.33. The van der Waals surface area contributed by atoms with Crippen molar-refractivity contribution in [2.45, 2.75) is 0 Å². The lowest BCUT2D eigenvalue weighted by molar-refractivity contribution is -0.385. The van der Waals surface area contributed by atoms with Crippen LogP contribution in [0, 0.1) is 10.1 Å². The van der Waals surface area contributed by atoms with Crippen LogP contribution < -0.4 is 5.32 Å². The van der Waals surface area contributed by atoms with Gasteiger partial charge in [-0.3, -0.25) is 14.9 Å². The number of nitro groups is 1. The van der Waals surface area contributed by atoms with Crippen molar-refractivity contribution in [3.05, 3.63) is 65.0 Å². The van der Waals surface area contributed by atoms with E-state index in [1.807, 2.05) is 0 Å². The highest BCUT2D eigenvalue weighted by molar-refractivity contribution is 6.06. The number of nitrogens with zero attached hydrogens (tertiary/aromatic N) is 6. The number of hydrogen-bond donors (Lipinski definition) is 1. The van der Waals surface area contributed by atoms with Gasteiger partial charge in [0.2, 0.25) is 0 Å². The van der Waals surface area contributed by atoms with Gasteiger partial charge < -0.3 is 5.32 Å². The highest BCUT2D eigenvalue weighted by Crippen LogP contribution is 2.19. The van der Waals surface area contributed by atoms with E-state index in [0.717, 1.165) is 0 Å². The van der Waals surface area contributed by atoms with Crippen molar-refractivity contribution >= 4 is 17.4 Å². The minimum Gasteiger partial charge on any atom is -0.306 e. The third-order valence-electron chi connectivity index (χ3n) is 2.89. The van der Waals surface area contributed by atoms with Crippen molar-refractivity contribution in [1.29, 1.82) is 0 Å². The van der Waals surface area contributed by atoms with Gasteiger partial charge in [-0.25, -0.2) is 19.6 Å². The predicted octanol–water partition coefficient (Wildman–Crippen LogP) is 1.22. The maximum absolute atomic E-state index is 12.2. The van der Waals surface area contributed by atoms with Gasteiger partial charge in [-0.05, 0) is 6.07 Å². The molecule has 0 aliphatic heterocycles. The van der Waals surface area contributed by atoms with Gasteiger partial charge in [0.1, 0.15) is 30.4 Å². The van der Waals surface area contributed by atoms with Crippen LogP contribution in [0.3, 0.4) is 0 Å². The van der Waals surface area contributed by atoms with Crippen LogP contribution in [0.25, 0.3) is 5.82 Å². The van der Waals surface area contributed by atoms with Crippen LogP contribution in [0.5, 0.6) is 0 Å². The lowest BCUT2D eigenvalue weighted by Gasteiger charge is -2.06. The lowest BCUT2D eigenvalue weighted by Crippen LogP contribution is -2.15. The number of nitrogens with one attached hydrogen (secondary N) is 1. The van der Waals surface area contributed by atoms with Crippen LogP contribution in [0.15, 0.2) is 49.3 Å². The summed E-state index contributed by atoms with van der Waals surface area (Å²) in [7, 11) is 0. The minimum absolute atomic E-state index is 0.0570. The van der Waals surface area contributed by atoms with Gasteiger partial charge in [-0.2, -0.15) is 5.10 Å². The Kier molecular flexibility index (Phi) is 3.70. The van der Waals surface area contributed by atoms with E-state index >= 15 is 0 Å². The number of carbonyl (C=O) groups excluding carboxylic acids is 1. The Balaban J connectivity index is 1.87. The summed E-state index contributed by atoms with van der Waals surface area (Å²) in [5.74, 6) is -0.0513. The van der Waals surface area contributed by atoms with Gasteiger partial charge in [-0.15, -0.1) is 0 Å². The molecule has 2 aromatic heterocycles. The third-order valence-corrected chi connectivity index (χ3v) is 2.89. The molecular formula is C13H9N7O3. The van der Waals surface area contributed by atoms with E-state index in [9.17, 15) is 14.9 Å². The Hall–Kier alpha value is -3.69. The number of rotatable bonds is 4. The van der Waals surface area contributed by atoms with Gasteiger partial charge in [0, 0.05) is 12.1 Å². The monoisotopic (exact) mass is 311 g/mol. The summed E-state index contributed by atoms with van der Waals surface area (Å²) in [6.07, 6.45) is 4.02. The van der Waals surface area contributed by atoms with Gasteiger partial charge in [-0.1, -0.05) is 12.1 Å². The van der Waals surface area contributed by atoms with Crippen LogP contribution in [0.4, 0.5) is 11.5 Å². The predicted molar refractivity (Wildman–Crippen MR) is 78.0 cm³/mol. The molecule has 0 fully saturated rings. The van der Waals surface area contributed by atoms with Crippen LogP contribution in [0.2, 0.25) is 0 Å². The Morgan fingerprint density at radius 2 is 2.04 bits per heavy atom. The van der Waals surface area contributed by atoms with Crippen molar-refractivity contribution in [3.63, 3.8) is 0 Å². The molecule has 23 heavy (non-hydrogen) atoms. The standard InChI is InChI=1S/C13H9N7O3/c21-13(9-3-1-2-4-10(9)20(22)23)18-11-5-12(16-7-15-11)19-8-14-6-17-19/h1-8H,(H,15,16,18,21). The molecule has 114 valence electrons. The van der Waals surface area contributed by atoms with Gasteiger partial charge in [0.25, 0.3) is 11.6 Å². The summed E-state index contributed by atoms with van der Waals surface area (Å²) in [5, 5.41) is 17.4. The number of hydrogen-bond acceptors (Lipinski definition) is 7. The average molecular weight is 311 g/mol.